The molecule has 0 bridgehead atoms. The lowest BCUT2D eigenvalue weighted by molar-refractivity contribution is -0.121. The summed E-state index contributed by atoms with van der Waals surface area (Å²) < 4.78 is 5.42. The van der Waals surface area contributed by atoms with Crippen molar-refractivity contribution in [3.8, 4) is 5.75 Å². The molecule has 0 aliphatic carbocycles. The number of carbonyl (C=O) groups is 1. The fourth-order valence-corrected chi connectivity index (χ4v) is 2.31. The molecule has 1 heterocycles. The van der Waals surface area contributed by atoms with Crippen molar-refractivity contribution in [2.24, 2.45) is 5.92 Å². The lowest BCUT2D eigenvalue weighted by Gasteiger charge is -2.31. The molecule has 0 spiro atoms. The summed E-state index contributed by atoms with van der Waals surface area (Å²) in [6, 6.07) is 5.37. The minimum absolute atomic E-state index is 0.0156. The van der Waals surface area contributed by atoms with Gasteiger partial charge in [-0.1, -0.05) is 25.4 Å². The Labute approximate surface area is 118 Å². The van der Waals surface area contributed by atoms with E-state index in [9.17, 15) is 4.79 Å². The van der Waals surface area contributed by atoms with Crippen molar-refractivity contribution in [2.75, 3.05) is 31.1 Å². The molecule has 1 aliphatic heterocycles. The average molecular weight is 283 g/mol. The number of amides is 1. The zero-order valence-electron chi connectivity index (χ0n) is 11.3. The molecule has 1 atom stereocenters. The number of benzene rings is 1. The highest BCUT2D eigenvalue weighted by Gasteiger charge is 2.26. The Morgan fingerprint density at radius 3 is 3.05 bits per heavy atom. The van der Waals surface area contributed by atoms with Gasteiger partial charge in [0.05, 0.1) is 5.69 Å². The average Bonchev–Trinajstić information content (AvgIpc) is 2.40. The summed E-state index contributed by atoms with van der Waals surface area (Å²) in [4.78, 5) is 13.8. The van der Waals surface area contributed by atoms with Gasteiger partial charge in [-0.15, -0.1) is 0 Å². The van der Waals surface area contributed by atoms with E-state index in [-0.39, 0.29) is 12.5 Å². The minimum Gasteiger partial charge on any atom is -0.482 e. The summed E-state index contributed by atoms with van der Waals surface area (Å²) in [7, 11) is 0. The zero-order chi connectivity index (χ0) is 13.8. The molecule has 4 nitrogen and oxygen atoms in total. The van der Waals surface area contributed by atoms with E-state index in [1.54, 1.807) is 17.0 Å². The molecular formula is C14H19ClN2O2. The molecule has 2 rings (SSSR count). The number of hydrogen-bond acceptors (Lipinski definition) is 3. The summed E-state index contributed by atoms with van der Waals surface area (Å²) in [6.07, 6.45) is 0. The number of rotatable bonds is 5. The van der Waals surface area contributed by atoms with Gasteiger partial charge in [0.25, 0.3) is 5.91 Å². The van der Waals surface area contributed by atoms with E-state index in [1.807, 2.05) is 6.07 Å². The van der Waals surface area contributed by atoms with Crippen LogP contribution in [0.5, 0.6) is 5.75 Å². The van der Waals surface area contributed by atoms with Gasteiger partial charge in [0.1, 0.15) is 5.75 Å². The second-order valence-corrected chi connectivity index (χ2v) is 5.25. The molecule has 1 unspecified atom stereocenters. The molecule has 0 fully saturated rings. The van der Waals surface area contributed by atoms with Crippen molar-refractivity contribution in [3.63, 3.8) is 0 Å². The van der Waals surface area contributed by atoms with Crippen LogP contribution in [0.1, 0.15) is 13.8 Å². The predicted molar refractivity (Wildman–Crippen MR) is 77.0 cm³/mol. The third kappa shape index (κ3) is 3.39. The van der Waals surface area contributed by atoms with E-state index < -0.39 is 0 Å². The first-order chi connectivity index (χ1) is 9.11. The summed E-state index contributed by atoms with van der Waals surface area (Å²) in [6.45, 7) is 6.78. The van der Waals surface area contributed by atoms with Gasteiger partial charge >= 0.3 is 0 Å². The summed E-state index contributed by atoms with van der Waals surface area (Å²) in [5.41, 5.74) is 0.770. The second kappa shape index (κ2) is 6.26. The Kier molecular flexibility index (Phi) is 4.66. The van der Waals surface area contributed by atoms with E-state index in [0.29, 0.717) is 17.5 Å². The number of fused-ring (bicyclic) bond motifs is 1. The number of carbonyl (C=O) groups excluding carboxylic acids is 1. The lowest BCUT2D eigenvalue weighted by atomic mass is 10.1. The molecular weight excluding hydrogens is 264 g/mol. The Hall–Kier alpha value is -1.26. The van der Waals surface area contributed by atoms with Gasteiger partial charge in [-0.3, -0.25) is 4.79 Å². The molecule has 5 heteroatoms. The Morgan fingerprint density at radius 1 is 1.53 bits per heavy atom. The number of halogens is 1. The van der Waals surface area contributed by atoms with Crippen LogP contribution in [0.2, 0.25) is 5.02 Å². The maximum absolute atomic E-state index is 12.0. The van der Waals surface area contributed by atoms with Crippen LogP contribution in [-0.2, 0) is 4.79 Å². The van der Waals surface area contributed by atoms with Gasteiger partial charge in [-0.05, 0) is 37.2 Å². The van der Waals surface area contributed by atoms with Crippen LogP contribution in [0.4, 0.5) is 5.69 Å². The highest BCUT2D eigenvalue weighted by molar-refractivity contribution is 6.31. The highest BCUT2D eigenvalue weighted by Crippen LogP contribution is 2.34. The topological polar surface area (TPSA) is 41.6 Å². The van der Waals surface area contributed by atoms with Crippen LogP contribution in [0.25, 0.3) is 0 Å². The van der Waals surface area contributed by atoms with Crippen LogP contribution in [0.15, 0.2) is 18.2 Å². The van der Waals surface area contributed by atoms with Gasteiger partial charge in [0.15, 0.2) is 6.61 Å². The van der Waals surface area contributed by atoms with Crippen molar-refractivity contribution in [2.45, 2.75) is 13.8 Å². The first kappa shape index (κ1) is 14.2. The third-order valence-electron chi connectivity index (χ3n) is 3.10. The van der Waals surface area contributed by atoms with E-state index in [1.165, 1.54) is 0 Å². The second-order valence-electron chi connectivity index (χ2n) is 4.82. The van der Waals surface area contributed by atoms with Crippen LogP contribution in [-0.4, -0.2) is 32.1 Å². The van der Waals surface area contributed by atoms with E-state index >= 15 is 0 Å². The van der Waals surface area contributed by atoms with Crippen LogP contribution >= 0.6 is 11.6 Å². The smallest absolute Gasteiger partial charge is 0.265 e. The largest absolute Gasteiger partial charge is 0.482 e. The first-order valence-electron chi connectivity index (χ1n) is 6.55. The van der Waals surface area contributed by atoms with Gasteiger partial charge in [0, 0.05) is 11.6 Å². The maximum atomic E-state index is 12.0. The molecule has 1 N–H and O–H groups in total. The SMILES string of the molecule is CCNCC(C)CN1C(=O)COc2ccc(Cl)cc21. The summed E-state index contributed by atoms with van der Waals surface area (Å²) in [5, 5.41) is 3.90. The van der Waals surface area contributed by atoms with Crippen molar-refractivity contribution in [1.29, 1.82) is 0 Å². The summed E-state index contributed by atoms with van der Waals surface area (Å²) >= 11 is 6.00. The van der Waals surface area contributed by atoms with Crippen LogP contribution in [0, 0.1) is 5.92 Å². The molecule has 0 aromatic heterocycles. The highest BCUT2D eigenvalue weighted by atomic mass is 35.5. The molecule has 0 saturated carbocycles. The first-order valence-corrected chi connectivity index (χ1v) is 6.93. The molecule has 19 heavy (non-hydrogen) atoms. The molecule has 1 aliphatic rings. The number of nitrogens with one attached hydrogen (secondary N) is 1. The predicted octanol–water partition coefficient (Wildman–Crippen LogP) is 2.31. The zero-order valence-corrected chi connectivity index (χ0v) is 12.0. The van der Waals surface area contributed by atoms with Crippen molar-refractivity contribution in [1.82, 2.24) is 5.32 Å². The Balaban J connectivity index is 2.15. The molecule has 1 amide bonds. The molecule has 1 aromatic rings. The number of hydrogen-bond donors (Lipinski definition) is 1. The molecule has 104 valence electrons. The Bertz CT molecular complexity index is 465. The van der Waals surface area contributed by atoms with Gasteiger partial charge in [-0.2, -0.15) is 0 Å². The van der Waals surface area contributed by atoms with Crippen LogP contribution in [0.3, 0.4) is 0 Å². The number of ether oxygens (including phenoxy) is 1. The molecule has 1 aromatic carbocycles. The van der Waals surface area contributed by atoms with Crippen molar-refractivity contribution < 1.29 is 9.53 Å². The maximum Gasteiger partial charge on any atom is 0.265 e. The fraction of sp³-hybridized carbons (Fsp3) is 0.500. The van der Waals surface area contributed by atoms with E-state index in [2.05, 4.69) is 19.2 Å². The van der Waals surface area contributed by atoms with Gasteiger partial charge in [-0.25, -0.2) is 0 Å². The molecule has 0 saturated heterocycles. The standard InChI is InChI=1S/C14H19ClN2O2/c1-3-16-7-10(2)8-17-12-6-11(15)4-5-13(12)19-9-14(17)18/h4-6,10,16H,3,7-9H2,1-2H3. The molecule has 0 radical (unpaired) electrons. The quantitative estimate of drug-likeness (QED) is 0.901. The van der Waals surface area contributed by atoms with E-state index in [0.717, 1.165) is 24.5 Å². The van der Waals surface area contributed by atoms with Gasteiger partial charge in [0.2, 0.25) is 0 Å². The minimum atomic E-state index is -0.0156. The normalized spacial score (nSPS) is 15.9. The summed E-state index contributed by atoms with van der Waals surface area (Å²) in [5.74, 6) is 1.08. The lowest BCUT2D eigenvalue weighted by Crippen LogP contribution is -2.42. The van der Waals surface area contributed by atoms with Crippen molar-refractivity contribution in [3.05, 3.63) is 23.2 Å². The third-order valence-corrected chi connectivity index (χ3v) is 3.34. The van der Waals surface area contributed by atoms with E-state index in [4.69, 9.17) is 16.3 Å². The fourth-order valence-electron chi connectivity index (χ4n) is 2.14. The van der Waals surface area contributed by atoms with Gasteiger partial charge < -0.3 is 15.0 Å². The number of nitrogens with zero attached hydrogens (tertiary/aromatic N) is 1. The Morgan fingerprint density at radius 2 is 2.32 bits per heavy atom. The van der Waals surface area contributed by atoms with Crippen molar-refractivity contribution >= 4 is 23.2 Å². The van der Waals surface area contributed by atoms with Crippen LogP contribution < -0.4 is 15.0 Å². The monoisotopic (exact) mass is 282 g/mol. The number of anilines is 1.